The number of aliphatic hydroxyl groups is 2. The molecular formula is C28H38O2Si2. The minimum absolute atomic E-state index is 0.271. The van der Waals surface area contributed by atoms with E-state index in [9.17, 15) is 10.2 Å². The second-order valence-corrected chi connectivity index (χ2v) is 21.2. The summed E-state index contributed by atoms with van der Waals surface area (Å²) in [6.07, 6.45) is 4.91. The van der Waals surface area contributed by atoms with E-state index >= 15 is 0 Å². The van der Waals surface area contributed by atoms with Crippen molar-refractivity contribution in [2.45, 2.75) is 56.3 Å². The fourth-order valence-corrected chi connectivity index (χ4v) is 12.7. The highest BCUT2D eigenvalue weighted by Gasteiger charge is 2.45. The molecule has 2 unspecified atom stereocenters. The van der Waals surface area contributed by atoms with Crippen molar-refractivity contribution in [2.24, 2.45) is 5.92 Å². The molecule has 2 aliphatic carbocycles. The maximum atomic E-state index is 9.86. The lowest BCUT2D eigenvalue weighted by atomic mass is 9.89. The van der Waals surface area contributed by atoms with Crippen molar-refractivity contribution < 1.29 is 10.2 Å². The lowest BCUT2D eigenvalue weighted by Crippen LogP contribution is -2.40. The summed E-state index contributed by atoms with van der Waals surface area (Å²) in [5.41, 5.74) is 9.58. The van der Waals surface area contributed by atoms with Crippen molar-refractivity contribution in [2.75, 3.05) is 13.2 Å². The Labute approximate surface area is 195 Å². The third kappa shape index (κ3) is 4.03. The van der Waals surface area contributed by atoms with Crippen molar-refractivity contribution >= 4 is 28.3 Å². The van der Waals surface area contributed by atoms with Gasteiger partial charge in [-0.2, -0.15) is 0 Å². The molecule has 0 saturated heterocycles. The number of hydrogen-bond donors (Lipinski definition) is 2. The Hall–Kier alpha value is -1.73. The first-order chi connectivity index (χ1) is 15.2. The van der Waals surface area contributed by atoms with Crippen LogP contribution in [0.4, 0.5) is 0 Å². The second-order valence-electron chi connectivity index (χ2n) is 11.1. The molecule has 0 bridgehead atoms. The van der Waals surface area contributed by atoms with Gasteiger partial charge in [0, 0.05) is 24.3 Å². The van der Waals surface area contributed by atoms with Crippen molar-refractivity contribution in [3.8, 4) is 0 Å². The zero-order valence-corrected chi connectivity index (χ0v) is 22.2. The molecule has 170 valence electrons. The molecule has 2 aromatic carbocycles. The highest BCUT2D eigenvalue weighted by Crippen LogP contribution is 2.53. The summed E-state index contributed by atoms with van der Waals surface area (Å²) in [6.45, 7) is 12.7. The number of hydrogen-bond acceptors (Lipinski definition) is 2. The Morgan fingerprint density at radius 2 is 1.06 bits per heavy atom. The highest BCUT2D eigenvalue weighted by atomic mass is 28.3. The normalized spacial score (nSPS) is 21.1. The van der Waals surface area contributed by atoms with E-state index in [1.54, 1.807) is 0 Å². The Morgan fingerprint density at radius 3 is 1.44 bits per heavy atom. The van der Waals surface area contributed by atoms with Crippen LogP contribution in [0.2, 0.25) is 38.3 Å². The molecule has 0 aromatic heterocycles. The van der Waals surface area contributed by atoms with Crippen LogP contribution in [0.1, 0.15) is 40.3 Å². The quantitative estimate of drug-likeness (QED) is 0.442. The smallest absolute Gasteiger partial charge is 0.0622 e. The topological polar surface area (TPSA) is 40.5 Å². The summed E-state index contributed by atoms with van der Waals surface area (Å²) in [5.74, 6) is 0.348. The third-order valence-corrected chi connectivity index (χ3v) is 15.4. The average molecular weight is 463 g/mol. The molecule has 0 amide bonds. The molecular weight excluding hydrogens is 424 g/mol. The minimum atomic E-state index is -1.74. The van der Waals surface area contributed by atoms with Crippen LogP contribution in [0.5, 0.6) is 0 Å². The molecule has 4 rings (SSSR count). The van der Waals surface area contributed by atoms with Gasteiger partial charge >= 0.3 is 0 Å². The standard InChI is InChI=1S/C28H38O2Si2/c1-20(25-18-21-10-6-8-12-23(21)27(25)31(2,3)16-14-29)26-19-22-11-7-9-13-24(22)28(26)32(4,5)17-15-30/h6-13,18-20,27-30H,14-17H2,1-5H3. The lowest BCUT2D eigenvalue weighted by molar-refractivity contribution is 0.315. The third-order valence-electron chi connectivity index (χ3n) is 8.00. The molecule has 2 aliphatic rings. The maximum absolute atomic E-state index is 9.86. The maximum Gasteiger partial charge on any atom is 0.0622 e. The molecule has 2 aromatic rings. The van der Waals surface area contributed by atoms with Gasteiger partial charge in [0.25, 0.3) is 0 Å². The van der Waals surface area contributed by atoms with Crippen molar-refractivity contribution in [1.29, 1.82) is 0 Å². The largest absolute Gasteiger partial charge is 0.397 e. The predicted molar refractivity (Wildman–Crippen MR) is 142 cm³/mol. The highest BCUT2D eigenvalue weighted by molar-refractivity contribution is 6.80. The Bertz CT molecular complexity index is 967. The predicted octanol–water partition coefficient (Wildman–Crippen LogP) is 6.46. The van der Waals surface area contributed by atoms with Gasteiger partial charge in [-0.05, 0) is 40.3 Å². The summed E-state index contributed by atoms with van der Waals surface area (Å²) in [4.78, 5) is 0. The first kappa shape index (κ1) is 23.4. The number of rotatable bonds is 8. The molecule has 4 heteroatoms. The van der Waals surface area contributed by atoms with Crippen molar-refractivity contribution in [3.63, 3.8) is 0 Å². The van der Waals surface area contributed by atoms with Crippen LogP contribution in [0.15, 0.2) is 59.7 Å². The van der Waals surface area contributed by atoms with Crippen molar-refractivity contribution in [1.82, 2.24) is 0 Å². The van der Waals surface area contributed by atoms with Crippen LogP contribution in [-0.4, -0.2) is 39.6 Å². The summed E-state index contributed by atoms with van der Waals surface area (Å²) >= 11 is 0. The monoisotopic (exact) mass is 462 g/mol. The van der Waals surface area contributed by atoms with Gasteiger partial charge in [-0.25, -0.2) is 0 Å². The number of allylic oxidation sites excluding steroid dienone is 2. The molecule has 0 fully saturated rings. The molecule has 2 atom stereocenters. The van der Waals surface area contributed by atoms with Gasteiger partial charge in [0.2, 0.25) is 0 Å². The van der Waals surface area contributed by atoms with Gasteiger partial charge in [0.05, 0.1) is 16.1 Å². The van der Waals surface area contributed by atoms with Crippen LogP contribution in [0.3, 0.4) is 0 Å². The van der Waals surface area contributed by atoms with Crippen LogP contribution in [-0.2, 0) is 0 Å². The SMILES string of the molecule is CC(C1=Cc2ccccc2C1[Si](C)(C)CCO)C1=Cc2ccccc2C1[Si](C)(C)CCO. The first-order valence-electron chi connectivity index (χ1n) is 12.0. The van der Waals surface area contributed by atoms with Gasteiger partial charge in [-0.15, -0.1) is 0 Å². The molecule has 0 saturated carbocycles. The van der Waals surface area contributed by atoms with E-state index < -0.39 is 16.1 Å². The van der Waals surface area contributed by atoms with E-state index in [0.717, 1.165) is 12.1 Å². The fraction of sp³-hybridized carbons (Fsp3) is 0.429. The Balaban J connectivity index is 1.79. The average Bonchev–Trinajstić information content (AvgIpc) is 3.33. The van der Waals surface area contributed by atoms with Crippen molar-refractivity contribution in [3.05, 3.63) is 81.9 Å². The molecule has 0 heterocycles. The first-order valence-corrected chi connectivity index (χ1v) is 18.6. The molecule has 2 N–H and O–H groups in total. The fourth-order valence-electron chi connectivity index (χ4n) is 6.25. The molecule has 32 heavy (non-hydrogen) atoms. The summed E-state index contributed by atoms with van der Waals surface area (Å²) < 4.78 is 0. The lowest BCUT2D eigenvalue weighted by Gasteiger charge is -2.39. The zero-order chi connectivity index (χ0) is 23.1. The number of aliphatic hydroxyl groups excluding tert-OH is 2. The van der Waals surface area contributed by atoms with Gasteiger partial charge in [0.1, 0.15) is 0 Å². The van der Waals surface area contributed by atoms with Crippen LogP contribution in [0, 0.1) is 5.92 Å². The van der Waals surface area contributed by atoms with Crippen LogP contribution < -0.4 is 0 Å². The van der Waals surface area contributed by atoms with Gasteiger partial charge in [0.15, 0.2) is 0 Å². The Morgan fingerprint density at radius 1 is 0.688 bits per heavy atom. The van der Waals surface area contributed by atoms with E-state index in [-0.39, 0.29) is 13.2 Å². The molecule has 0 spiro atoms. The number of fused-ring (bicyclic) bond motifs is 2. The van der Waals surface area contributed by atoms with E-state index in [2.05, 4.69) is 93.8 Å². The summed E-state index contributed by atoms with van der Waals surface area (Å²) in [5, 5.41) is 19.7. The van der Waals surface area contributed by atoms with Crippen LogP contribution >= 0.6 is 0 Å². The molecule has 0 radical (unpaired) electrons. The molecule has 2 nitrogen and oxygen atoms in total. The van der Waals surface area contributed by atoms with Gasteiger partial charge in [-0.1, -0.05) is 105 Å². The van der Waals surface area contributed by atoms with E-state index in [0.29, 0.717) is 17.0 Å². The minimum Gasteiger partial charge on any atom is -0.397 e. The van der Waals surface area contributed by atoms with Gasteiger partial charge in [-0.3, -0.25) is 0 Å². The van der Waals surface area contributed by atoms with Gasteiger partial charge < -0.3 is 10.2 Å². The second kappa shape index (κ2) is 8.90. The molecule has 0 aliphatic heterocycles. The zero-order valence-electron chi connectivity index (χ0n) is 20.2. The van der Waals surface area contributed by atoms with Crippen LogP contribution in [0.25, 0.3) is 12.2 Å². The summed E-state index contributed by atoms with van der Waals surface area (Å²) in [7, 11) is -3.47. The number of benzene rings is 2. The van der Waals surface area contributed by atoms with E-state index in [4.69, 9.17) is 0 Å². The van der Waals surface area contributed by atoms with E-state index in [1.165, 1.54) is 33.4 Å². The summed E-state index contributed by atoms with van der Waals surface area (Å²) in [6, 6.07) is 19.6. The Kier molecular flexibility index (Phi) is 6.52. The van der Waals surface area contributed by atoms with E-state index in [1.807, 2.05) is 0 Å².